The molecule has 0 aliphatic carbocycles. The van der Waals surface area contributed by atoms with Crippen molar-refractivity contribution in [2.45, 2.75) is 19.4 Å². The number of nitrogens with one attached hydrogen (secondary N) is 2. The normalized spacial score (nSPS) is 20.3. The zero-order valence-electron chi connectivity index (χ0n) is 12.4. The third kappa shape index (κ3) is 2.56. The summed E-state index contributed by atoms with van der Waals surface area (Å²) >= 11 is 1.40. The molecule has 23 heavy (non-hydrogen) atoms. The molecular weight excluding hydrogens is 316 g/mol. The van der Waals surface area contributed by atoms with Gasteiger partial charge in [-0.15, -0.1) is 11.3 Å². The maximum Gasteiger partial charge on any atom is 0.229 e. The van der Waals surface area contributed by atoms with Gasteiger partial charge in [0, 0.05) is 37.6 Å². The van der Waals surface area contributed by atoms with Gasteiger partial charge in [-0.2, -0.15) is 5.10 Å². The molecule has 9 heteroatoms. The molecule has 1 atom stereocenters. The van der Waals surface area contributed by atoms with Crippen LogP contribution in [0.15, 0.2) is 17.8 Å². The van der Waals surface area contributed by atoms with Crippen molar-refractivity contribution in [2.75, 3.05) is 28.6 Å². The van der Waals surface area contributed by atoms with Gasteiger partial charge in [0.05, 0.1) is 12.1 Å². The number of amides is 2. The second kappa shape index (κ2) is 5.65. The number of thiazole rings is 1. The van der Waals surface area contributed by atoms with E-state index in [1.807, 2.05) is 10.1 Å². The van der Waals surface area contributed by atoms with Gasteiger partial charge in [-0.25, -0.2) is 9.67 Å². The van der Waals surface area contributed by atoms with Crippen molar-refractivity contribution < 1.29 is 9.59 Å². The number of hydrogen-bond donors (Lipinski definition) is 2. The smallest absolute Gasteiger partial charge is 0.229 e. The van der Waals surface area contributed by atoms with Crippen LogP contribution in [0.4, 0.5) is 16.6 Å². The molecule has 8 nitrogen and oxygen atoms in total. The topological polar surface area (TPSA) is 92.2 Å². The zero-order valence-corrected chi connectivity index (χ0v) is 13.2. The first-order chi connectivity index (χ1) is 11.2. The van der Waals surface area contributed by atoms with E-state index in [0.717, 1.165) is 25.3 Å². The van der Waals surface area contributed by atoms with Gasteiger partial charge in [0.2, 0.25) is 11.8 Å². The van der Waals surface area contributed by atoms with Crippen molar-refractivity contribution >= 4 is 39.8 Å². The van der Waals surface area contributed by atoms with E-state index in [2.05, 4.69) is 20.7 Å². The maximum atomic E-state index is 12.5. The van der Waals surface area contributed by atoms with E-state index in [1.165, 1.54) is 11.3 Å². The molecule has 2 amide bonds. The van der Waals surface area contributed by atoms with E-state index < -0.39 is 0 Å². The van der Waals surface area contributed by atoms with Crippen molar-refractivity contribution in [3.8, 4) is 0 Å². The van der Waals surface area contributed by atoms with Crippen molar-refractivity contribution in [1.29, 1.82) is 0 Å². The van der Waals surface area contributed by atoms with Crippen LogP contribution < -0.4 is 15.5 Å². The SMILES string of the molecule is O=C(Nc1cnn2c1NCCC2)C1CC(=O)N(c2nccs2)C1. The molecule has 120 valence electrons. The fourth-order valence-corrected chi connectivity index (χ4v) is 3.59. The van der Waals surface area contributed by atoms with Crippen LogP contribution in [0.3, 0.4) is 0 Å². The van der Waals surface area contributed by atoms with Crippen LogP contribution in [0.5, 0.6) is 0 Å². The van der Waals surface area contributed by atoms with Gasteiger partial charge in [0.25, 0.3) is 0 Å². The summed E-state index contributed by atoms with van der Waals surface area (Å²) in [6, 6.07) is 0. The largest absolute Gasteiger partial charge is 0.368 e. The first-order valence-corrected chi connectivity index (χ1v) is 8.41. The van der Waals surface area contributed by atoms with Crippen molar-refractivity contribution in [3.05, 3.63) is 17.8 Å². The van der Waals surface area contributed by atoms with Crippen molar-refractivity contribution in [3.63, 3.8) is 0 Å². The van der Waals surface area contributed by atoms with Crippen LogP contribution in [-0.4, -0.2) is 39.7 Å². The zero-order chi connectivity index (χ0) is 15.8. The van der Waals surface area contributed by atoms with E-state index in [9.17, 15) is 9.59 Å². The molecule has 2 aliphatic rings. The van der Waals surface area contributed by atoms with Gasteiger partial charge < -0.3 is 10.6 Å². The number of rotatable bonds is 3. The van der Waals surface area contributed by atoms with Crippen LogP contribution in [0.25, 0.3) is 0 Å². The Morgan fingerprint density at radius 3 is 3.22 bits per heavy atom. The summed E-state index contributed by atoms with van der Waals surface area (Å²) in [4.78, 5) is 30.3. The van der Waals surface area contributed by atoms with Gasteiger partial charge in [0.15, 0.2) is 5.13 Å². The molecule has 1 fully saturated rings. The number of anilines is 3. The van der Waals surface area contributed by atoms with E-state index in [4.69, 9.17) is 0 Å². The van der Waals surface area contributed by atoms with Crippen LogP contribution in [0.2, 0.25) is 0 Å². The minimum Gasteiger partial charge on any atom is -0.368 e. The van der Waals surface area contributed by atoms with Crippen LogP contribution in [-0.2, 0) is 16.1 Å². The van der Waals surface area contributed by atoms with Crippen LogP contribution >= 0.6 is 11.3 Å². The molecule has 4 heterocycles. The number of carbonyl (C=O) groups is 2. The molecule has 4 rings (SSSR count). The van der Waals surface area contributed by atoms with Crippen molar-refractivity contribution in [2.24, 2.45) is 5.92 Å². The fourth-order valence-electron chi connectivity index (χ4n) is 2.92. The molecule has 2 aromatic heterocycles. The average molecular weight is 332 g/mol. The van der Waals surface area contributed by atoms with E-state index >= 15 is 0 Å². The Kier molecular flexibility index (Phi) is 3.49. The number of aryl methyl sites for hydroxylation is 1. The minimum atomic E-state index is -0.370. The molecule has 0 bridgehead atoms. The lowest BCUT2D eigenvalue weighted by Crippen LogP contribution is -2.28. The Morgan fingerprint density at radius 1 is 1.48 bits per heavy atom. The third-order valence-electron chi connectivity index (χ3n) is 4.08. The van der Waals surface area contributed by atoms with Gasteiger partial charge in [-0.05, 0) is 6.42 Å². The second-order valence-electron chi connectivity index (χ2n) is 5.62. The van der Waals surface area contributed by atoms with Gasteiger partial charge >= 0.3 is 0 Å². The summed E-state index contributed by atoms with van der Waals surface area (Å²) in [6.45, 7) is 2.08. The number of nitrogens with zero attached hydrogens (tertiary/aromatic N) is 4. The predicted molar refractivity (Wildman–Crippen MR) is 86.5 cm³/mol. The Labute approximate surface area is 136 Å². The van der Waals surface area contributed by atoms with Gasteiger partial charge in [0.1, 0.15) is 11.5 Å². The fraction of sp³-hybridized carbons (Fsp3) is 0.429. The van der Waals surface area contributed by atoms with E-state index in [0.29, 0.717) is 17.4 Å². The molecule has 0 aromatic carbocycles. The summed E-state index contributed by atoms with van der Waals surface area (Å²) in [7, 11) is 0. The highest BCUT2D eigenvalue weighted by molar-refractivity contribution is 7.13. The summed E-state index contributed by atoms with van der Waals surface area (Å²) in [6.07, 6.45) is 4.54. The predicted octanol–water partition coefficient (Wildman–Crippen LogP) is 1.15. The monoisotopic (exact) mass is 332 g/mol. The highest BCUT2D eigenvalue weighted by Crippen LogP contribution is 2.29. The Hall–Kier alpha value is -2.42. The third-order valence-corrected chi connectivity index (χ3v) is 4.88. The van der Waals surface area contributed by atoms with Gasteiger partial charge in [-0.1, -0.05) is 0 Å². The maximum absolute atomic E-state index is 12.5. The first kappa shape index (κ1) is 14.2. The Balaban J connectivity index is 1.46. The quantitative estimate of drug-likeness (QED) is 0.879. The lowest BCUT2D eigenvalue weighted by Gasteiger charge is -2.18. The number of fused-ring (bicyclic) bond motifs is 1. The Morgan fingerprint density at radius 2 is 2.39 bits per heavy atom. The van der Waals surface area contributed by atoms with Crippen LogP contribution in [0.1, 0.15) is 12.8 Å². The number of hydrogen-bond acceptors (Lipinski definition) is 6. The van der Waals surface area contributed by atoms with Crippen LogP contribution in [0, 0.1) is 5.92 Å². The molecule has 2 aromatic rings. The first-order valence-electron chi connectivity index (χ1n) is 7.53. The number of aromatic nitrogens is 3. The second-order valence-corrected chi connectivity index (χ2v) is 6.49. The molecule has 2 aliphatic heterocycles. The minimum absolute atomic E-state index is 0.0599. The molecule has 1 unspecified atom stereocenters. The van der Waals surface area contributed by atoms with E-state index in [-0.39, 0.29) is 24.2 Å². The summed E-state index contributed by atoms with van der Waals surface area (Å²) in [5.41, 5.74) is 0.676. The standard InChI is InChI=1S/C14H16N6O2S/c21-11-6-9(8-19(11)14-16-3-5-23-14)13(22)18-10-7-17-20-4-1-2-15-12(10)20/h3,5,7,9,15H,1-2,4,6,8H2,(H,18,22). The summed E-state index contributed by atoms with van der Waals surface area (Å²) in [5, 5.41) is 12.9. The molecular formula is C14H16N6O2S. The molecule has 0 saturated carbocycles. The summed E-state index contributed by atoms with van der Waals surface area (Å²) in [5.74, 6) is 0.257. The highest BCUT2D eigenvalue weighted by Gasteiger charge is 2.36. The molecule has 0 spiro atoms. The average Bonchev–Trinajstić information content (AvgIpc) is 3.27. The summed E-state index contributed by atoms with van der Waals surface area (Å²) < 4.78 is 1.85. The highest BCUT2D eigenvalue weighted by atomic mass is 32.1. The lowest BCUT2D eigenvalue weighted by molar-refractivity contribution is -0.122. The van der Waals surface area contributed by atoms with Crippen molar-refractivity contribution in [1.82, 2.24) is 14.8 Å². The van der Waals surface area contributed by atoms with Gasteiger partial charge in [-0.3, -0.25) is 14.5 Å². The van der Waals surface area contributed by atoms with E-state index in [1.54, 1.807) is 17.3 Å². The molecule has 2 N–H and O–H groups in total. The molecule has 1 saturated heterocycles. The Bertz CT molecular complexity index is 741. The number of carbonyl (C=O) groups excluding carboxylic acids is 2. The lowest BCUT2D eigenvalue weighted by atomic mass is 10.1. The molecule has 0 radical (unpaired) electrons.